The van der Waals surface area contributed by atoms with Gasteiger partial charge in [-0.15, -0.1) is 12.4 Å². The van der Waals surface area contributed by atoms with Crippen molar-refractivity contribution in [2.24, 2.45) is 0 Å². The minimum absolute atomic E-state index is 0. The number of amides is 3. The molecule has 1 aliphatic heterocycles. The molecular formula is C17H26ClFN4O2. The van der Waals surface area contributed by atoms with Crippen LogP contribution in [0, 0.1) is 5.82 Å². The number of rotatable bonds is 3. The standard InChI is InChI=1S/C17H25FN4O2.ClH/c1-17(2,3)21-16(24)20-15(23)11-22-8-7-19-10-14(22)12-5-4-6-13(18)9-12;/h4-6,9,14,19H,7-8,10-11H2,1-3H3,(H2,20,21,23,24);1H. The van der Waals surface area contributed by atoms with Crippen molar-refractivity contribution in [3.05, 3.63) is 35.6 Å². The van der Waals surface area contributed by atoms with E-state index >= 15 is 0 Å². The minimum Gasteiger partial charge on any atom is -0.333 e. The van der Waals surface area contributed by atoms with Crippen molar-refractivity contribution in [3.8, 4) is 0 Å². The third kappa shape index (κ3) is 6.97. The van der Waals surface area contributed by atoms with Gasteiger partial charge >= 0.3 is 6.03 Å². The molecule has 1 unspecified atom stereocenters. The number of nitrogens with zero attached hydrogens (tertiary/aromatic N) is 1. The second-order valence-corrected chi connectivity index (χ2v) is 7.00. The van der Waals surface area contributed by atoms with E-state index in [2.05, 4.69) is 16.0 Å². The molecule has 6 nitrogen and oxygen atoms in total. The van der Waals surface area contributed by atoms with Crippen molar-refractivity contribution in [2.75, 3.05) is 26.2 Å². The van der Waals surface area contributed by atoms with Crippen LogP contribution < -0.4 is 16.0 Å². The Morgan fingerprint density at radius 2 is 2.08 bits per heavy atom. The zero-order valence-electron chi connectivity index (χ0n) is 14.8. The number of hydrogen-bond donors (Lipinski definition) is 3. The predicted molar refractivity (Wildman–Crippen MR) is 97.3 cm³/mol. The van der Waals surface area contributed by atoms with Crippen LogP contribution in [-0.2, 0) is 4.79 Å². The largest absolute Gasteiger partial charge is 0.333 e. The fourth-order valence-electron chi connectivity index (χ4n) is 2.70. The van der Waals surface area contributed by atoms with Gasteiger partial charge in [-0.05, 0) is 38.5 Å². The summed E-state index contributed by atoms with van der Waals surface area (Å²) in [5.74, 6) is -0.674. The Labute approximate surface area is 153 Å². The Hall–Kier alpha value is -1.70. The van der Waals surface area contributed by atoms with Gasteiger partial charge in [0.2, 0.25) is 5.91 Å². The summed E-state index contributed by atoms with van der Waals surface area (Å²) in [6.45, 7) is 7.63. The van der Waals surface area contributed by atoms with Crippen LogP contribution in [0.2, 0.25) is 0 Å². The van der Waals surface area contributed by atoms with E-state index < -0.39 is 11.6 Å². The van der Waals surface area contributed by atoms with Gasteiger partial charge < -0.3 is 10.6 Å². The third-order valence-corrected chi connectivity index (χ3v) is 3.68. The first-order chi connectivity index (χ1) is 11.2. The number of carbonyl (C=O) groups excluding carboxylic acids is 2. The lowest BCUT2D eigenvalue weighted by atomic mass is 10.0. The normalized spacial score (nSPS) is 18.2. The Bertz CT molecular complexity index is 607. The van der Waals surface area contributed by atoms with E-state index in [0.717, 1.165) is 12.1 Å². The molecule has 8 heteroatoms. The van der Waals surface area contributed by atoms with E-state index in [1.165, 1.54) is 12.1 Å². The summed E-state index contributed by atoms with van der Waals surface area (Å²) in [4.78, 5) is 25.9. The van der Waals surface area contributed by atoms with Gasteiger partial charge in [-0.25, -0.2) is 9.18 Å². The Morgan fingerprint density at radius 3 is 2.72 bits per heavy atom. The van der Waals surface area contributed by atoms with Crippen LogP contribution in [0.4, 0.5) is 9.18 Å². The van der Waals surface area contributed by atoms with Crippen LogP contribution in [0.3, 0.4) is 0 Å². The summed E-state index contributed by atoms with van der Waals surface area (Å²) in [7, 11) is 0. The molecule has 2 rings (SSSR count). The van der Waals surface area contributed by atoms with Gasteiger partial charge in [0.1, 0.15) is 5.82 Å². The minimum atomic E-state index is -0.509. The second kappa shape index (κ2) is 9.12. The van der Waals surface area contributed by atoms with Gasteiger partial charge in [0, 0.05) is 31.2 Å². The highest BCUT2D eigenvalue weighted by atomic mass is 35.5. The summed E-state index contributed by atoms with van der Waals surface area (Å²) in [6, 6.07) is 5.77. The molecule has 1 saturated heterocycles. The molecule has 0 radical (unpaired) electrons. The molecule has 0 bridgehead atoms. The summed E-state index contributed by atoms with van der Waals surface area (Å²) in [5.41, 5.74) is 0.401. The van der Waals surface area contributed by atoms with Gasteiger partial charge in [0.15, 0.2) is 0 Å². The molecule has 1 aromatic rings. The molecule has 0 aromatic heterocycles. The fourth-order valence-corrected chi connectivity index (χ4v) is 2.70. The van der Waals surface area contributed by atoms with Crippen molar-refractivity contribution >= 4 is 24.3 Å². The van der Waals surface area contributed by atoms with Gasteiger partial charge in [-0.3, -0.25) is 15.0 Å². The number of piperazine rings is 1. The zero-order chi connectivity index (χ0) is 17.7. The Balaban J connectivity index is 0.00000312. The third-order valence-electron chi connectivity index (χ3n) is 3.68. The Morgan fingerprint density at radius 1 is 1.36 bits per heavy atom. The fraction of sp³-hybridized carbons (Fsp3) is 0.529. The Kier molecular flexibility index (Phi) is 7.79. The summed E-state index contributed by atoms with van der Waals surface area (Å²) >= 11 is 0. The van der Waals surface area contributed by atoms with E-state index in [1.807, 2.05) is 31.7 Å². The SMILES string of the molecule is CC(C)(C)NC(=O)NC(=O)CN1CCNCC1c1cccc(F)c1.Cl. The van der Waals surface area contributed by atoms with Gasteiger partial charge in [-0.1, -0.05) is 12.1 Å². The van der Waals surface area contributed by atoms with Crippen LogP contribution in [0.15, 0.2) is 24.3 Å². The van der Waals surface area contributed by atoms with E-state index in [-0.39, 0.29) is 36.7 Å². The first kappa shape index (κ1) is 21.3. The zero-order valence-corrected chi connectivity index (χ0v) is 15.6. The number of nitrogens with one attached hydrogen (secondary N) is 3. The molecule has 1 aromatic carbocycles. The smallest absolute Gasteiger partial charge is 0.321 e. The number of hydrogen-bond acceptors (Lipinski definition) is 4. The van der Waals surface area contributed by atoms with Crippen molar-refractivity contribution in [2.45, 2.75) is 32.4 Å². The molecule has 140 valence electrons. The van der Waals surface area contributed by atoms with Crippen LogP contribution in [0.5, 0.6) is 0 Å². The average Bonchev–Trinajstić information content (AvgIpc) is 2.45. The van der Waals surface area contributed by atoms with Gasteiger partial charge in [0.05, 0.1) is 6.54 Å². The van der Waals surface area contributed by atoms with Crippen LogP contribution in [-0.4, -0.2) is 48.6 Å². The van der Waals surface area contributed by atoms with Crippen molar-refractivity contribution < 1.29 is 14.0 Å². The van der Waals surface area contributed by atoms with E-state index in [0.29, 0.717) is 13.1 Å². The molecular weight excluding hydrogens is 347 g/mol. The molecule has 0 spiro atoms. The first-order valence-electron chi connectivity index (χ1n) is 8.07. The van der Waals surface area contributed by atoms with Crippen LogP contribution >= 0.6 is 12.4 Å². The molecule has 1 aliphatic rings. The predicted octanol–water partition coefficient (Wildman–Crippen LogP) is 1.82. The monoisotopic (exact) mass is 372 g/mol. The molecule has 1 heterocycles. The number of halogens is 2. The lowest BCUT2D eigenvalue weighted by Gasteiger charge is -2.36. The van der Waals surface area contributed by atoms with Crippen LogP contribution in [0.25, 0.3) is 0 Å². The molecule has 1 fully saturated rings. The van der Waals surface area contributed by atoms with Crippen LogP contribution in [0.1, 0.15) is 32.4 Å². The maximum atomic E-state index is 13.5. The molecule has 0 saturated carbocycles. The lowest BCUT2D eigenvalue weighted by Crippen LogP contribution is -2.53. The molecule has 25 heavy (non-hydrogen) atoms. The highest BCUT2D eigenvalue weighted by Gasteiger charge is 2.26. The summed E-state index contributed by atoms with van der Waals surface area (Å²) in [5, 5.41) is 8.28. The topological polar surface area (TPSA) is 73.5 Å². The second-order valence-electron chi connectivity index (χ2n) is 7.00. The number of imide groups is 1. The maximum Gasteiger partial charge on any atom is 0.321 e. The van der Waals surface area contributed by atoms with Gasteiger partial charge in [0.25, 0.3) is 0 Å². The maximum absolute atomic E-state index is 13.5. The van der Waals surface area contributed by atoms with Crippen molar-refractivity contribution in [1.29, 1.82) is 0 Å². The number of urea groups is 1. The quantitative estimate of drug-likeness (QED) is 0.756. The molecule has 1 atom stereocenters. The lowest BCUT2D eigenvalue weighted by molar-refractivity contribution is -0.122. The van der Waals surface area contributed by atoms with E-state index in [4.69, 9.17) is 0 Å². The number of carbonyl (C=O) groups is 2. The van der Waals surface area contributed by atoms with Crippen molar-refractivity contribution in [1.82, 2.24) is 20.9 Å². The summed E-state index contributed by atoms with van der Waals surface area (Å²) in [6.07, 6.45) is 0. The highest BCUT2D eigenvalue weighted by molar-refractivity contribution is 5.95. The van der Waals surface area contributed by atoms with Gasteiger partial charge in [-0.2, -0.15) is 0 Å². The van der Waals surface area contributed by atoms with Crippen molar-refractivity contribution in [3.63, 3.8) is 0 Å². The molecule has 3 N–H and O–H groups in total. The number of benzene rings is 1. The average molecular weight is 373 g/mol. The van der Waals surface area contributed by atoms with E-state index in [1.54, 1.807) is 6.07 Å². The molecule has 0 aliphatic carbocycles. The molecule has 3 amide bonds. The summed E-state index contributed by atoms with van der Waals surface area (Å²) < 4.78 is 13.5. The first-order valence-corrected chi connectivity index (χ1v) is 8.07. The van der Waals surface area contributed by atoms with E-state index in [9.17, 15) is 14.0 Å². The highest BCUT2D eigenvalue weighted by Crippen LogP contribution is 2.22.